The summed E-state index contributed by atoms with van der Waals surface area (Å²) in [5, 5.41) is 0. The molecule has 0 unspecified atom stereocenters. The summed E-state index contributed by atoms with van der Waals surface area (Å²) in [4.78, 5) is 16.1. The van der Waals surface area contributed by atoms with E-state index in [4.69, 9.17) is 0 Å². The molecular weight excluding hydrogens is 350 g/mol. The van der Waals surface area contributed by atoms with E-state index in [9.17, 15) is 13.2 Å². The number of hydrogen-bond donors (Lipinski definition) is 1. The van der Waals surface area contributed by atoms with Crippen molar-refractivity contribution >= 4 is 15.9 Å². The summed E-state index contributed by atoms with van der Waals surface area (Å²) < 4.78 is 27.6. The minimum atomic E-state index is -3.48. The SMILES string of the molecule is Cc1ccc(C)c(S(=O)(=O)N2CC[NH+]([C@H](C)C(=O)N3CCCC3)CC2)c1. The second kappa shape index (κ2) is 7.66. The molecule has 1 atom stereocenters. The molecule has 26 heavy (non-hydrogen) atoms. The lowest BCUT2D eigenvalue weighted by molar-refractivity contribution is -0.918. The summed E-state index contributed by atoms with van der Waals surface area (Å²) in [7, 11) is -3.48. The Hall–Kier alpha value is -1.44. The van der Waals surface area contributed by atoms with Crippen LogP contribution in [-0.2, 0) is 14.8 Å². The van der Waals surface area contributed by atoms with Crippen LogP contribution in [0.2, 0.25) is 0 Å². The Morgan fingerprint density at radius 1 is 1.08 bits per heavy atom. The molecule has 7 heteroatoms. The molecule has 0 bridgehead atoms. The molecule has 1 amide bonds. The number of piperazine rings is 1. The fraction of sp³-hybridized carbons (Fsp3) is 0.632. The molecule has 0 aromatic heterocycles. The van der Waals surface area contributed by atoms with E-state index in [0.29, 0.717) is 31.1 Å². The van der Waals surface area contributed by atoms with Gasteiger partial charge in [0.1, 0.15) is 0 Å². The Labute approximate surface area is 156 Å². The van der Waals surface area contributed by atoms with Gasteiger partial charge in [0.15, 0.2) is 6.04 Å². The van der Waals surface area contributed by atoms with Crippen LogP contribution in [0.3, 0.4) is 0 Å². The van der Waals surface area contributed by atoms with Gasteiger partial charge >= 0.3 is 0 Å². The molecule has 1 aromatic rings. The highest BCUT2D eigenvalue weighted by Crippen LogP contribution is 2.21. The fourth-order valence-corrected chi connectivity index (χ4v) is 5.71. The van der Waals surface area contributed by atoms with Crippen molar-refractivity contribution in [3.63, 3.8) is 0 Å². The number of nitrogens with one attached hydrogen (secondary N) is 1. The highest BCUT2D eigenvalue weighted by atomic mass is 32.2. The van der Waals surface area contributed by atoms with Gasteiger partial charge in [0, 0.05) is 13.1 Å². The highest BCUT2D eigenvalue weighted by molar-refractivity contribution is 7.89. The molecule has 0 saturated carbocycles. The standard InChI is InChI=1S/C19H29N3O3S/c1-15-6-7-16(2)18(14-15)26(24,25)22-12-10-20(11-13-22)17(3)19(23)21-8-4-5-9-21/h6-7,14,17H,4-5,8-13H2,1-3H3/p+1/t17-/m1/s1. The van der Waals surface area contributed by atoms with Crippen molar-refractivity contribution < 1.29 is 18.1 Å². The van der Waals surface area contributed by atoms with Gasteiger partial charge in [0.05, 0.1) is 31.1 Å². The first kappa shape index (κ1) is 19.3. The second-order valence-corrected chi connectivity index (χ2v) is 9.49. The molecule has 0 radical (unpaired) electrons. The third-order valence-electron chi connectivity index (χ3n) is 5.73. The first-order chi connectivity index (χ1) is 12.3. The Balaban J connectivity index is 1.66. The fourth-order valence-electron chi connectivity index (χ4n) is 3.96. The number of hydrogen-bond acceptors (Lipinski definition) is 3. The van der Waals surface area contributed by atoms with Gasteiger partial charge in [0.2, 0.25) is 10.0 Å². The van der Waals surface area contributed by atoms with E-state index in [1.165, 1.54) is 4.90 Å². The highest BCUT2D eigenvalue weighted by Gasteiger charge is 2.36. The molecule has 1 aromatic carbocycles. The van der Waals surface area contributed by atoms with Crippen LogP contribution in [0.4, 0.5) is 0 Å². The van der Waals surface area contributed by atoms with Gasteiger partial charge in [-0.3, -0.25) is 4.79 Å². The van der Waals surface area contributed by atoms with Crippen molar-refractivity contribution in [2.24, 2.45) is 0 Å². The van der Waals surface area contributed by atoms with Crippen molar-refractivity contribution in [1.29, 1.82) is 0 Å². The lowest BCUT2D eigenvalue weighted by Gasteiger charge is -2.35. The van der Waals surface area contributed by atoms with Gasteiger partial charge < -0.3 is 9.80 Å². The third kappa shape index (κ3) is 3.80. The van der Waals surface area contributed by atoms with E-state index < -0.39 is 10.0 Å². The zero-order valence-corrected chi connectivity index (χ0v) is 16.8. The summed E-state index contributed by atoms with van der Waals surface area (Å²) in [5.74, 6) is 0.211. The molecular formula is C19H30N3O3S+. The minimum Gasteiger partial charge on any atom is -0.338 e. The average Bonchev–Trinajstić information content (AvgIpc) is 3.17. The maximum Gasteiger partial charge on any atom is 0.280 e. The number of nitrogens with zero attached hydrogens (tertiary/aromatic N) is 2. The van der Waals surface area contributed by atoms with Gasteiger partial charge in [0.25, 0.3) is 5.91 Å². The van der Waals surface area contributed by atoms with Crippen molar-refractivity contribution in [3.05, 3.63) is 29.3 Å². The molecule has 0 spiro atoms. The van der Waals surface area contributed by atoms with E-state index in [1.54, 1.807) is 10.4 Å². The number of quaternary nitrogens is 1. The van der Waals surface area contributed by atoms with Crippen LogP contribution in [0.25, 0.3) is 0 Å². The third-order valence-corrected chi connectivity index (χ3v) is 7.77. The molecule has 2 aliphatic rings. The van der Waals surface area contributed by atoms with Crippen LogP contribution in [0.5, 0.6) is 0 Å². The Kier molecular flexibility index (Phi) is 5.69. The van der Waals surface area contributed by atoms with Crippen LogP contribution in [-0.4, -0.2) is 68.8 Å². The molecule has 144 valence electrons. The predicted octanol–water partition coefficient (Wildman–Crippen LogP) is 0.204. The molecule has 0 aliphatic carbocycles. The first-order valence-corrected chi connectivity index (χ1v) is 11.0. The number of benzene rings is 1. The van der Waals surface area contributed by atoms with Crippen LogP contribution in [0.1, 0.15) is 30.9 Å². The van der Waals surface area contributed by atoms with Gasteiger partial charge in [-0.2, -0.15) is 4.31 Å². The van der Waals surface area contributed by atoms with Gasteiger partial charge in [-0.25, -0.2) is 8.42 Å². The molecule has 3 rings (SSSR count). The second-order valence-electron chi connectivity index (χ2n) is 7.59. The number of carbonyl (C=O) groups is 1. The molecule has 2 saturated heterocycles. The number of aryl methyl sites for hydroxylation is 2. The van der Waals surface area contributed by atoms with E-state index in [0.717, 1.165) is 37.1 Å². The van der Waals surface area contributed by atoms with Crippen molar-refractivity contribution in [2.45, 2.75) is 44.6 Å². The monoisotopic (exact) mass is 380 g/mol. The van der Waals surface area contributed by atoms with E-state index in [1.807, 2.05) is 37.8 Å². The van der Waals surface area contributed by atoms with Crippen molar-refractivity contribution in [2.75, 3.05) is 39.3 Å². The molecule has 1 N–H and O–H groups in total. The number of rotatable bonds is 4. The molecule has 2 heterocycles. The molecule has 2 aliphatic heterocycles. The topological polar surface area (TPSA) is 62.1 Å². The van der Waals surface area contributed by atoms with Crippen LogP contribution in [0, 0.1) is 13.8 Å². The Bertz CT molecular complexity index is 764. The average molecular weight is 381 g/mol. The van der Waals surface area contributed by atoms with Crippen molar-refractivity contribution in [3.8, 4) is 0 Å². The summed E-state index contributed by atoms with van der Waals surface area (Å²) in [6.45, 7) is 9.72. The largest absolute Gasteiger partial charge is 0.338 e. The normalized spacial score (nSPS) is 21.1. The van der Waals surface area contributed by atoms with E-state index in [-0.39, 0.29) is 11.9 Å². The van der Waals surface area contributed by atoms with Gasteiger partial charge in [-0.1, -0.05) is 12.1 Å². The zero-order chi connectivity index (χ0) is 18.9. The number of likely N-dealkylation sites (tertiary alicyclic amines) is 1. The summed E-state index contributed by atoms with van der Waals surface area (Å²) >= 11 is 0. The summed E-state index contributed by atoms with van der Waals surface area (Å²) in [6, 6.07) is 5.45. The van der Waals surface area contributed by atoms with Crippen LogP contribution >= 0.6 is 0 Å². The van der Waals surface area contributed by atoms with Crippen LogP contribution in [0.15, 0.2) is 23.1 Å². The predicted molar refractivity (Wildman–Crippen MR) is 101 cm³/mol. The first-order valence-electron chi connectivity index (χ1n) is 9.51. The number of amides is 1. The summed E-state index contributed by atoms with van der Waals surface area (Å²) in [6.07, 6.45) is 2.19. The lowest BCUT2D eigenvalue weighted by Crippen LogP contribution is -3.19. The van der Waals surface area contributed by atoms with Gasteiger partial charge in [-0.05, 0) is 50.8 Å². The lowest BCUT2D eigenvalue weighted by atomic mass is 10.2. The summed E-state index contributed by atoms with van der Waals surface area (Å²) in [5.41, 5.74) is 1.73. The molecule has 2 fully saturated rings. The van der Waals surface area contributed by atoms with Crippen molar-refractivity contribution in [1.82, 2.24) is 9.21 Å². The van der Waals surface area contributed by atoms with Crippen LogP contribution < -0.4 is 4.90 Å². The number of sulfonamides is 1. The van der Waals surface area contributed by atoms with E-state index >= 15 is 0 Å². The minimum absolute atomic E-state index is 0.0985. The Morgan fingerprint density at radius 2 is 1.69 bits per heavy atom. The van der Waals surface area contributed by atoms with Gasteiger partial charge in [-0.15, -0.1) is 0 Å². The smallest absolute Gasteiger partial charge is 0.280 e. The molecule has 6 nitrogen and oxygen atoms in total. The Morgan fingerprint density at radius 3 is 2.31 bits per heavy atom. The quantitative estimate of drug-likeness (QED) is 0.812. The maximum atomic E-state index is 13.0. The maximum absolute atomic E-state index is 13.0. The zero-order valence-electron chi connectivity index (χ0n) is 16.0. The van der Waals surface area contributed by atoms with E-state index in [2.05, 4.69) is 0 Å². The number of carbonyl (C=O) groups excluding carboxylic acids is 1.